The first-order valence-corrected chi connectivity index (χ1v) is 3.47. The van der Waals surface area contributed by atoms with Gasteiger partial charge in [-0.05, 0) is 12.5 Å². The summed E-state index contributed by atoms with van der Waals surface area (Å²) in [7, 11) is 0. The zero-order chi connectivity index (χ0) is 7.07. The minimum atomic E-state index is 0.786. The van der Waals surface area contributed by atoms with Crippen LogP contribution in [0.5, 0.6) is 0 Å². The maximum Gasteiger partial charge on any atom is 0.0573 e. The lowest BCUT2D eigenvalue weighted by Crippen LogP contribution is -1.73. The SMILES string of the molecule is C1=CC/C=C\C=NCC=C1. The fraction of sp³-hybridized carbons (Fsp3) is 0.222. The van der Waals surface area contributed by atoms with Crippen LogP contribution in [0.2, 0.25) is 0 Å². The minimum absolute atomic E-state index is 0.786. The summed E-state index contributed by atoms with van der Waals surface area (Å²) in [5, 5.41) is 0. The lowest BCUT2D eigenvalue weighted by Gasteiger charge is -1.84. The Morgan fingerprint density at radius 3 is 2.70 bits per heavy atom. The van der Waals surface area contributed by atoms with Crippen molar-refractivity contribution in [1.29, 1.82) is 0 Å². The van der Waals surface area contributed by atoms with Gasteiger partial charge in [-0.15, -0.1) is 0 Å². The van der Waals surface area contributed by atoms with Gasteiger partial charge >= 0.3 is 0 Å². The van der Waals surface area contributed by atoms with E-state index in [2.05, 4.69) is 17.1 Å². The Kier molecular flexibility index (Phi) is 3.32. The monoisotopic (exact) mass is 133 g/mol. The normalized spacial score (nSPS) is 20.8. The van der Waals surface area contributed by atoms with Gasteiger partial charge in [0.15, 0.2) is 0 Å². The fourth-order valence-corrected chi connectivity index (χ4v) is 0.697. The molecular weight excluding hydrogens is 122 g/mol. The number of hydrogen-bond acceptors (Lipinski definition) is 1. The molecule has 0 saturated heterocycles. The van der Waals surface area contributed by atoms with E-state index in [0.717, 1.165) is 13.0 Å². The zero-order valence-electron chi connectivity index (χ0n) is 5.90. The second-order valence-corrected chi connectivity index (χ2v) is 2.03. The molecule has 0 aromatic rings. The van der Waals surface area contributed by atoms with Gasteiger partial charge < -0.3 is 0 Å². The molecule has 0 spiro atoms. The second-order valence-electron chi connectivity index (χ2n) is 2.03. The third-order valence-electron chi connectivity index (χ3n) is 1.19. The number of hydrogen-bond donors (Lipinski definition) is 0. The summed E-state index contributed by atoms with van der Waals surface area (Å²) in [4.78, 5) is 4.10. The lowest BCUT2D eigenvalue weighted by atomic mass is 10.3. The van der Waals surface area contributed by atoms with Gasteiger partial charge in [0, 0.05) is 6.21 Å². The van der Waals surface area contributed by atoms with Crippen LogP contribution in [-0.2, 0) is 0 Å². The largest absolute Gasteiger partial charge is 0.289 e. The van der Waals surface area contributed by atoms with Crippen LogP contribution in [0.3, 0.4) is 0 Å². The number of rotatable bonds is 0. The van der Waals surface area contributed by atoms with Crippen molar-refractivity contribution in [2.75, 3.05) is 6.54 Å². The maximum atomic E-state index is 4.10. The molecule has 0 N–H and O–H groups in total. The van der Waals surface area contributed by atoms with Crippen LogP contribution in [0.25, 0.3) is 0 Å². The van der Waals surface area contributed by atoms with E-state index in [-0.39, 0.29) is 0 Å². The van der Waals surface area contributed by atoms with Gasteiger partial charge in [-0.25, -0.2) is 0 Å². The van der Waals surface area contributed by atoms with Gasteiger partial charge in [0.05, 0.1) is 6.54 Å². The Morgan fingerprint density at radius 2 is 1.70 bits per heavy atom. The van der Waals surface area contributed by atoms with Gasteiger partial charge in [-0.3, -0.25) is 4.99 Å². The average molecular weight is 133 g/mol. The van der Waals surface area contributed by atoms with E-state index in [9.17, 15) is 0 Å². The molecule has 0 saturated carbocycles. The molecule has 10 heavy (non-hydrogen) atoms. The summed E-state index contributed by atoms with van der Waals surface area (Å²) in [6, 6.07) is 0. The molecule has 1 aliphatic heterocycles. The first-order valence-electron chi connectivity index (χ1n) is 3.47. The van der Waals surface area contributed by atoms with Crippen molar-refractivity contribution >= 4 is 6.21 Å². The summed E-state index contributed by atoms with van der Waals surface area (Å²) < 4.78 is 0. The second kappa shape index (κ2) is 4.74. The molecule has 0 atom stereocenters. The third-order valence-corrected chi connectivity index (χ3v) is 1.19. The summed E-state index contributed by atoms with van der Waals surface area (Å²) >= 11 is 0. The van der Waals surface area contributed by atoms with Crippen LogP contribution in [0.4, 0.5) is 0 Å². The van der Waals surface area contributed by atoms with E-state index in [1.807, 2.05) is 30.5 Å². The third kappa shape index (κ3) is 3.02. The van der Waals surface area contributed by atoms with Crippen LogP contribution >= 0.6 is 0 Å². The summed E-state index contributed by atoms with van der Waals surface area (Å²) in [6.07, 6.45) is 15.1. The molecule has 0 radical (unpaired) electrons. The summed E-state index contributed by atoms with van der Waals surface area (Å²) in [5.74, 6) is 0. The number of allylic oxidation sites excluding steroid dienone is 5. The predicted molar refractivity (Wildman–Crippen MR) is 45.4 cm³/mol. The molecule has 1 heteroatoms. The maximum absolute atomic E-state index is 4.10. The van der Waals surface area contributed by atoms with Crippen molar-refractivity contribution in [3.8, 4) is 0 Å². The van der Waals surface area contributed by atoms with Gasteiger partial charge in [0.1, 0.15) is 0 Å². The molecule has 1 rings (SSSR count). The molecule has 1 heterocycles. The highest BCUT2D eigenvalue weighted by Crippen LogP contribution is 1.88. The van der Waals surface area contributed by atoms with Crippen molar-refractivity contribution in [1.82, 2.24) is 0 Å². The van der Waals surface area contributed by atoms with E-state index in [1.54, 1.807) is 0 Å². The first kappa shape index (κ1) is 7.00. The van der Waals surface area contributed by atoms with Crippen LogP contribution in [0.1, 0.15) is 6.42 Å². The molecule has 0 amide bonds. The van der Waals surface area contributed by atoms with Gasteiger partial charge in [0.2, 0.25) is 0 Å². The standard InChI is InChI=1S/C9H11N/c1-2-4-6-8-10-9-7-5-3-1/h1-2,4-7,9H,3,8H2/b2-1?,6-4?,7-5-,10-9?. The van der Waals surface area contributed by atoms with Gasteiger partial charge in [0.25, 0.3) is 0 Å². The van der Waals surface area contributed by atoms with Crippen LogP contribution in [0.15, 0.2) is 41.4 Å². The molecule has 0 aliphatic carbocycles. The van der Waals surface area contributed by atoms with E-state index >= 15 is 0 Å². The van der Waals surface area contributed by atoms with Crippen LogP contribution in [0, 0.1) is 0 Å². The van der Waals surface area contributed by atoms with E-state index < -0.39 is 0 Å². The van der Waals surface area contributed by atoms with Crippen molar-refractivity contribution in [2.45, 2.75) is 6.42 Å². The highest BCUT2D eigenvalue weighted by Gasteiger charge is 1.72. The Balaban J connectivity index is 2.50. The molecule has 0 aromatic heterocycles. The van der Waals surface area contributed by atoms with Crippen molar-refractivity contribution in [3.05, 3.63) is 36.5 Å². The van der Waals surface area contributed by atoms with Crippen molar-refractivity contribution < 1.29 is 0 Å². The fourth-order valence-electron chi connectivity index (χ4n) is 0.697. The first-order chi connectivity index (χ1) is 5.00. The summed E-state index contributed by atoms with van der Waals surface area (Å²) in [6.45, 7) is 0.786. The lowest BCUT2D eigenvalue weighted by molar-refractivity contribution is 1.25. The predicted octanol–water partition coefficient (Wildman–Crippen LogP) is 2.13. The Labute approximate surface area is 61.5 Å². The highest BCUT2D eigenvalue weighted by molar-refractivity contribution is 5.71. The molecule has 52 valence electrons. The quantitative estimate of drug-likeness (QED) is 0.480. The van der Waals surface area contributed by atoms with Crippen molar-refractivity contribution in [3.63, 3.8) is 0 Å². The Hall–Kier alpha value is -1.11. The topological polar surface area (TPSA) is 12.4 Å². The minimum Gasteiger partial charge on any atom is -0.289 e. The zero-order valence-corrected chi connectivity index (χ0v) is 5.90. The van der Waals surface area contributed by atoms with E-state index in [0.29, 0.717) is 0 Å². The van der Waals surface area contributed by atoms with Gasteiger partial charge in [-0.1, -0.05) is 30.4 Å². The van der Waals surface area contributed by atoms with Crippen LogP contribution < -0.4 is 0 Å². The van der Waals surface area contributed by atoms with Gasteiger partial charge in [-0.2, -0.15) is 0 Å². The molecule has 0 unspecified atom stereocenters. The van der Waals surface area contributed by atoms with Crippen molar-refractivity contribution in [2.24, 2.45) is 4.99 Å². The number of aliphatic imine (C=N–C) groups is 1. The molecule has 0 bridgehead atoms. The molecule has 1 nitrogen and oxygen atoms in total. The Morgan fingerprint density at radius 1 is 0.900 bits per heavy atom. The Bertz CT molecular complexity index is 143. The molecule has 0 aromatic carbocycles. The highest BCUT2D eigenvalue weighted by atomic mass is 14.7. The number of nitrogens with zero attached hydrogens (tertiary/aromatic N) is 1. The van der Waals surface area contributed by atoms with E-state index in [1.165, 1.54) is 0 Å². The molecule has 1 aliphatic rings. The van der Waals surface area contributed by atoms with Crippen LogP contribution in [-0.4, -0.2) is 12.8 Å². The van der Waals surface area contributed by atoms with E-state index in [4.69, 9.17) is 0 Å². The average Bonchev–Trinajstić information content (AvgIpc) is 2.01. The smallest absolute Gasteiger partial charge is 0.0573 e. The molecule has 0 fully saturated rings. The molecular formula is C9H11N. The summed E-state index contributed by atoms with van der Waals surface area (Å²) in [5.41, 5.74) is 0.